The fourth-order valence-corrected chi connectivity index (χ4v) is 2.80. The van der Waals surface area contributed by atoms with Crippen LogP contribution in [-0.2, 0) is 6.18 Å². The number of alkyl halides is 3. The number of nitriles is 1. The van der Waals surface area contributed by atoms with Crippen LogP contribution < -0.4 is 11.1 Å². The Morgan fingerprint density at radius 2 is 2.04 bits per heavy atom. The van der Waals surface area contributed by atoms with Gasteiger partial charge in [-0.2, -0.15) is 23.5 Å². The number of primary amides is 1. The molecule has 0 spiro atoms. The molecule has 1 aromatic heterocycles. The maximum atomic E-state index is 12.7. The van der Waals surface area contributed by atoms with Crippen molar-refractivity contribution in [3.63, 3.8) is 0 Å². The van der Waals surface area contributed by atoms with E-state index in [1.54, 1.807) is 0 Å². The second-order valence-corrected chi connectivity index (χ2v) is 6.15. The zero-order valence-electron chi connectivity index (χ0n) is 14.2. The van der Waals surface area contributed by atoms with Crippen molar-refractivity contribution in [1.29, 1.82) is 5.26 Å². The van der Waals surface area contributed by atoms with Gasteiger partial charge in [0.25, 0.3) is 5.91 Å². The lowest BCUT2D eigenvalue weighted by Gasteiger charge is -2.23. The second kappa shape index (κ2) is 7.25. The van der Waals surface area contributed by atoms with Gasteiger partial charge in [-0.25, -0.2) is 0 Å². The topological polar surface area (TPSA) is 117 Å². The number of hydrogen-bond donors (Lipinski definition) is 3. The molecule has 1 aliphatic rings. The number of hydrogen-bond acceptors (Lipinski definition) is 5. The molecule has 144 valence electrons. The minimum atomic E-state index is -4.46. The summed E-state index contributed by atoms with van der Waals surface area (Å²) >= 11 is 0. The third-order valence-corrected chi connectivity index (χ3v) is 4.21. The summed E-state index contributed by atoms with van der Waals surface area (Å²) in [4.78, 5) is 11.7. The zero-order chi connectivity index (χ0) is 20.5. The Balaban J connectivity index is 1.91. The van der Waals surface area contributed by atoms with Crippen molar-refractivity contribution in [3.8, 4) is 17.9 Å². The monoisotopic (exact) mass is 389 g/mol. The van der Waals surface area contributed by atoms with Crippen LogP contribution in [0, 0.1) is 29.1 Å². The number of nitrogens with one attached hydrogen (secondary N) is 1. The first-order chi connectivity index (χ1) is 13.2. The number of amides is 1. The lowest BCUT2D eigenvalue weighted by molar-refractivity contribution is -0.137. The van der Waals surface area contributed by atoms with Crippen molar-refractivity contribution in [1.82, 2.24) is 9.78 Å². The Labute approximate surface area is 157 Å². The highest BCUT2D eigenvalue weighted by atomic mass is 19.4. The fourth-order valence-electron chi connectivity index (χ4n) is 2.80. The number of benzene rings is 1. The molecule has 4 N–H and O–H groups in total. The maximum absolute atomic E-state index is 12.7. The van der Waals surface area contributed by atoms with Crippen LogP contribution in [-0.4, -0.2) is 26.9 Å². The number of halogens is 3. The highest BCUT2D eigenvalue weighted by molar-refractivity contribution is 5.98. The smallest absolute Gasteiger partial charge is 0.380 e. The Bertz CT molecular complexity index is 995. The summed E-state index contributed by atoms with van der Waals surface area (Å²) in [5.74, 6) is 3.63. The van der Waals surface area contributed by atoms with Crippen LogP contribution in [0.2, 0.25) is 0 Å². The summed E-state index contributed by atoms with van der Waals surface area (Å²) < 4.78 is 39.3. The van der Waals surface area contributed by atoms with Crippen LogP contribution in [0.1, 0.15) is 28.4 Å². The molecular formula is C18H14F3N5O2. The summed E-state index contributed by atoms with van der Waals surface area (Å²) in [6, 6.07) is 5.58. The van der Waals surface area contributed by atoms with Gasteiger partial charge in [0.15, 0.2) is 5.82 Å². The van der Waals surface area contributed by atoms with Crippen molar-refractivity contribution in [2.75, 3.05) is 5.32 Å². The molecule has 1 aliphatic carbocycles. The molecule has 0 saturated carbocycles. The van der Waals surface area contributed by atoms with Gasteiger partial charge in [0.2, 0.25) is 0 Å². The number of anilines is 2. The highest BCUT2D eigenvalue weighted by Crippen LogP contribution is 2.31. The van der Waals surface area contributed by atoms with Gasteiger partial charge < -0.3 is 16.2 Å². The Morgan fingerprint density at radius 3 is 2.61 bits per heavy atom. The van der Waals surface area contributed by atoms with E-state index < -0.39 is 35.7 Å². The molecule has 1 heterocycles. The minimum absolute atomic E-state index is 0.00962. The molecule has 7 nitrogen and oxygen atoms in total. The van der Waals surface area contributed by atoms with Gasteiger partial charge in [-0.15, -0.1) is 0 Å². The molecule has 0 saturated heterocycles. The summed E-state index contributed by atoms with van der Waals surface area (Å²) in [7, 11) is 0. The first-order valence-corrected chi connectivity index (χ1v) is 8.11. The standard InChI is InChI=1S/C18H14F3N5O2/c19-18(20,21)11-2-4-12(5-3-11)24-17-14(16(23)28)9-26(25-17)15-7-13(27)6-1-10(15)8-22/h2-5,9-10,13,15,27H,7H2,(H2,23,28)(H,24,25). The van der Waals surface area contributed by atoms with Gasteiger partial charge in [0.05, 0.1) is 17.7 Å². The molecule has 1 aromatic carbocycles. The molecule has 28 heavy (non-hydrogen) atoms. The predicted octanol–water partition coefficient (Wildman–Crippen LogP) is 2.19. The molecule has 3 rings (SSSR count). The van der Waals surface area contributed by atoms with E-state index in [1.165, 1.54) is 23.0 Å². The van der Waals surface area contributed by atoms with Gasteiger partial charge >= 0.3 is 6.18 Å². The fraction of sp³-hybridized carbons (Fsp3) is 0.278. The molecule has 0 fully saturated rings. The molecule has 0 radical (unpaired) electrons. The van der Waals surface area contributed by atoms with Gasteiger partial charge in [0, 0.05) is 18.3 Å². The number of nitrogens with two attached hydrogens (primary N) is 1. The SMILES string of the molecule is N#CC1C#CC(O)CC1n1cc(C(N)=O)c(Nc2ccc(C(F)(F)F)cc2)n1. The van der Waals surface area contributed by atoms with Crippen molar-refractivity contribution >= 4 is 17.4 Å². The average molecular weight is 389 g/mol. The van der Waals surface area contributed by atoms with Crippen molar-refractivity contribution in [2.24, 2.45) is 11.7 Å². The van der Waals surface area contributed by atoms with Crippen LogP contribution in [0.15, 0.2) is 30.5 Å². The van der Waals surface area contributed by atoms with E-state index in [0.29, 0.717) is 0 Å². The summed E-state index contributed by atoms with van der Waals surface area (Å²) in [6.07, 6.45) is -3.95. The Hall–Kier alpha value is -3.50. The number of carbonyl (C=O) groups is 1. The van der Waals surface area contributed by atoms with Crippen LogP contribution >= 0.6 is 0 Å². The first-order valence-electron chi connectivity index (χ1n) is 8.11. The highest BCUT2D eigenvalue weighted by Gasteiger charge is 2.31. The number of aromatic nitrogens is 2. The third kappa shape index (κ3) is 3.92. The average Bonchev–Trinajstić information content (AvgIpc) is 3.05. The van der Waals surface area contributed by atoms with Crippen molar-refractivity contribution < 1.29 is 23.1 Å². The number of nitrogens with zero attached hydrogens (tertiary/aromatic N) is 3. The number of rotatable bonds is 4. The van der Waals surface area contributed by atoms with E-state index in [2.05, 4.69) is 22.3 Å². The van der Waals surface area contributed by atoms with E-state index >= 15 is 0 Å². The first kappa shape index (κ1) is 19.3. The quantitative estimate of drug-likeness (QED) is 0.693. The van der Waals surface area contributed by atoms with Crippen molar-refractivity contribution in [2.45, 2.75) is 24.7 Å². The molecule has 3 unspecified atom stereocenters. The molecule has 3 atom stereocenters. The Morgan fingerprint density at radius 1 is 1.36 bits per heavy atom. The van der Waals surface area contributed by atoms with E-state index in [4.69, 9.17) is 5.73 Å². The molecular weight excluding hydrogens is 375 g/mol. The van der Waals surface area contributed by atoms with E-state index in [9.17, 15) is 28.3 Å². The lowest BCUT2D eigenvalue weighted by Crippen LogP contribution is -2.26. The van der Waals surface area contributed by atoms with Crippen LogP contribution in [0.4, 0.5) is 24.7 Å². The van der Waals surface area contributed by atoms with Gasteiger partial charge in [0.1, 0.15) is 17.6 Å². The summed E-state index contributed by atoms with van der Waals surface area (Å²) in [5, 5.41) is 26.0. The lowest BCUT2D eigenvalue weighted by atomic mass is 9.92. The summed E-state index contributed by atoms with van der Waals surface area (Å²) in [5.41, 5.74) is 4.80. The third-order valence-electron chi connectivity index (χ3n) is 4.21. The normalized spacial score (nSPS) is 21.3. The second-order valence-electron chi connectivity index (χ2n) is 6.15. The number of aliphatic hydroxyl groups is 1. The van der Waals surface area contributed by atoms with Crippen LogP contribution in [0.5, 0.6) is 0 Å². The van der Waals surface area contributed by atoms with Gasteiger partial charge in [-0.05, 0) is 24.3 Å². The minimum Gasteiger partial charge on any atom is -0.380 e. The van der Waals surface area contributed by atoms with E-state index in [0.717, 1.165) is 12.1 Å². The summed E-state index contributed by atoms with van der Waals surface area (Å²) in [6.45, 7) is 0. The molecule has 1 amide bonds. The zero-order valence-corrected chi connectivity index (χ0v) is 14.2. The largest absolute Gasteiger partial charge is 0.416 e. The number of aliphatic hydroxyl groups excluding tert-OH is 1. The molecule has 10 heteroatoms. The van der Waals surface area contributed by atoms with Crippen LogP contribution in [0.3, 0.4) is 0 Å². The maximum Gasteiger partial charge on any atom is 0.416 e. The Kier molecular flexibility index (Phi) is 4.99. The molecule has 2 aromatic rings. The molecule has 0 bridgehead atoms. The van der Waals surface area contributed by atoms with Gasteiger partial charge in [-0.3, -0.25) is 9.48 Å². The van der Waals surface area contributed by atoms with Crippen LogP contribution in [0.25, 0.3) is 0 Å². The number of carbonyl (C=O) groups excluding carboxylic acids is 1. The molecule has 0 aliphatic heterocycles. The van der Waals surface area contributed by atoms with Crippen molar-refractivity contribution in [3.05, 3.63) is 41.6 Å². The van der Waals surface area contributed by atoms with E-state index in [-0.39, 0.29) is 23.5 Å². The van der Waals surface area contributed by atoms with E-state index in [1.807, 2.05) is 6.07 Å². The van der Waals surface area contributed by atoms with Gasteiger partial charge in [-0.1, -0.05) is 11.8 Å². The predicted molar refractivity (Wildman–Crippen MR) is 92.0 cm³/mol.